The van der Waals surface area contributed by atoms with Crippen LogP contribution in [0.15, 0.2) is 53.5 Å². The topological polar surface area (TPSA) is 111 Å². The van der Waals surface area contributed by atoms with Gasteiger partial charge in [0.15, 0.2) is 5.17 Å². The maximum absolute atomic E-state index is 12.7. The average molecular weight is 455 g/mol. The number of aliphatic imine (C=N–C) groups is 1. The largest absolute Gasteiger partial charge is 0.497 e. The van der Waals surface area contributed by atoms with Gasteiger partial charge in [-0.3, -0.25) is 20.5 Å². The molecule has 4 rings (SSSR count). The summed E-state index contributed by atoms with van der Waals surface area (Å²) < 4.78 is 10.6. The third-order valence-corrected chi connectivity index (χ3v) is 6.33. The van der Waals surface area contributed by atoms with Gasteiger partial charge in [-0.15, -0.1) is 0 Å². The minimum atomic E-state index is -0.258. The van der Waals surface area contributed by atoms with E-state index in [1.807, 2.05) is 43.3 Å². The Hall–Kier alpha value is -3.08. The smallest absolute Gasteiger partial charge is 0.234 e. The van der Waals surface area contributed by atoms with Gasteiger partial charge in [0.05, 0.1) is 31.6 Å². The van der Waals surface area contributed by atoms with Gasteiger partial charge in [-0.05, 0) is 43.3 Å². The first kappa shape index (κ1) is 22.1. The van der Waals surface area contributed by atoms with E-state index in [0.29, 0.717) is 22.4 Å². The number of fused-ring (bicyclic) bond motifs is 1. The van der Waals surface area contributed by atoms with Gasteiger partial charge in [0.1, 0.15) is 23.5 Å². The van der Waals surface area contributed by atoms with Crippen molar-refractivity contribution in [3.05, 3.63) is 48.5 Å². The number of hydrogen-bond donors (Lipinski definition) is 4. The number of para-hydroxylation sites is 2. The van der Waals surface area contributed by atoms with Crippen molar-refractivity contribution in [1.82, 2.24) is 10.9 Å². The molecule has 1 saturated heterocycles. The summed E-state index contributed by atoms with van der Waals surface area (Å²) in [7, 11) is 3.18. The Morgan fingerprint density at radius 2 is 1.91 bits per heavy atom. The van der Waals surface area contributed by atoms with E-state index in [0.717, 1.165) is 11.4 Å². The minimum absolute atomic E-state index is 0.0531. The van der Waals surface area contributed by atoms with E-state index in [4.69, 9.17) is 19.9 Å². The number of nitrogens with zero attached hydrogens (tertiary/aromatic N) is 2. The Kier molecular flexibility index (Phi) is 6.63. The van der Waals surface area contributed by atoms with Crippen LogP contribution in [0.25, 0.3) is 0 Å². The summed E-state index contributed by atoms with van der Waals surface area (Å²) in [6, 6.07) is 14.8. The lowest BCUT2D eigenvalue weighted by molar-refractivity contribution is -0.113. The number of rotatable bonds is 6. The summed E-state index contributed by atoms with van der Waals surface area (Å²) in [5.74, 6) is 1.58. The monoisotopic (exact) mass is 454 g/mol. The number of methoxy groups -OCH3 is 2. The van der Waals surface area contributed by atoms with Crippen molar-refractivity contribution in [1.29, 1.82) is 5.41 Å². The van der Waals surface area contributed by atoms with Crippen molar-refractivity contribution in [2.24, 2.45) is 10.9 Å². The highest BCUT2D eigenvalue weighted by Gasteiger charge is 2.43. The second-order valence-corrected chi connectivity index (χ2v) is 8.36. The molecule has 0 aliphatic carbocycles. The maximum Gasteiger partial charge on any atom is 0.234 e. The third kappa shape index (κ3) is 4.43. The van der Waals surface area contributed by atoms with Crippen LogP contribution in [0, 0.1) is 11.3 Å². The lowest BCUT2D eigenvalue weighted by atomic mass is 9.97. The van der Waals surface area contributed by atoms with Crippen LogP contribution >= 0.6 is 11.8 Å². The number of carbonyl (C=O) groups is 1. The highest BCUT2D eigenvalue weighted by atomic mass is 32.2. The van der Waals surface area contributed by atoms with Crippen molar-refractivity contribution in [3.8, 4) is 11.5 Å². The van der Waals surface area contributed by atoms with Crippen molar-refractivity contribution in [3.63, 3.8) is 0 Å². The van der Waals surface area contributed by atoms with Crippen molar-refractivity contribution < 1.29 is 14.3 Å². The summed E-state index contributed by atoms with van der Waals surface area (Å²) >= 11 is 1.29. The van der Waals surface area contributed by atoms with Crippen LogP contribution in [0.2, 0.25) is 0 Å². The first-order valence-electron chi connectivity index (χ1n) is 10.2. The molecular formula is C22H26N6O3S. The number of benzene rings is 2. The normalized spacial score (nSPS) is 22.2. The number of hydrazine groups is 1. The average Bonchev–Trinajstić information content (AvgIpc) is 3.19. The van der Waals surface area contributed by atoms with Gasteiger partial charge in [-0.25, -0.2) is 10.4 Å². The van der Waals surface area contributed by atoms with Gasteiger partial charge in [-0.2, -0.15) is 0 Å². The Morgan fingerprint density at radius 3 is 2.62 bits per heavy atom. The van der Waals surface area contributed by atoms with Gasteiger partial charge >= 0.3 is 0 Å². The molecule has 10 heteroatoms. The van der Waals surface area contributed by atoms with Crippen LogP contribution in [0.3, 0.4) is 0 Å². The zero-order valence-electron chi connectivity index (χ0n) is 18.1. The molecule has 0 radical (unpaired) electrons. The minimum Gasteiger partial charge on any atom is -0.497 e. The van der Waals surface area contributed by atoms with Gasteiger partial charge < -0.3 is 14.8 Å². The van der Waals surface area contributed by atoms with E-state index in [1.54, 1.807) is 31.3 Å². The van der Waals surface area contributed by atoms with Crippen LogP contribution < -0.4 is 30.5 Å². The van der Waals surface area contributed by atoms with Crippen LogP contribution in [-0.4, -0.2) is 49.1 Å². The zero-order chi connectivity index (χ0) is 22.7. The molecule has 3 unspecified atom stereocenters. The lowest BCUT2D eigenvalue weighted by Gasteiger charge is -2.35. The Morgan fingerprint density at radius 1 is 1.16 bits per heavy atom. The van der Waals surface area contributed by atoms with E-state index in [2.05, 4.69) is 16.2 Å². The predicted molar refractivity (Wildman–Crippen MR) is 128 cm³/mol. The van der Waals surface area contributed by atoms with Crippen LogP contribution in [0.5, 0.6) is 11.5 Å². The number of nitrogens with one attached hydrogen (secondary N) is 4. The second-order valence-electron chi connectivity index (χ2n) is 7.42. The summed E-state index contributed by atoms with van der Waals surface area (Å²) in [6.45, 7) is 2.02. The number of anilines is 2. The molecule has 0 aromatic heterocycles. The molecule has 2 aromatic carbocycles. The van der Waals surface area contributed by atoms with Crippen molar-refractivity contribution in [2.45, 2.75) is 19.1 Å². The van der Waals surface area contributed by atoms with Gasteiger partial charge in [0, 0.05) is 11.7 Å². The van der Waals surface area contributed by atoms with Crippen molar-refractivity contribution in [2.75, 3.05) is 30.2 Å². The molecule has 2 aromatic rings. The van der Waals surface area contributed by atoms with Crippen LogP contribution in [0.4, 0.5) is 11.4 Å². The zero-order valence-corrected chi connectivity index (χ0v) is 18.9. The number of hydrogen-bond acceptors (Lipinski definition) is 8. The van der Waals surface area contributed by atoms with Crippen LogP contribution in [-0.2, 0) is 4.79 Å². The predicted octanol–water partition coefficient (Wildman–Crippen LogP) is 2.67. The molecule has 0 spiro atoms. The molecule has 1 amide bonds. The van der Waals surface area contributed by atoms with Crippen LogP contribution in [0.1, 0.15) is 6.92 Å². The van der Waals surface area contributed by atoms with Gasteiger partial charge in [-0.1, -0.05) is 23.9 Å². The van der Waals surface area contributed by atoms with Gasteiger partial charge in [0.2, 0.25) is 5.91 Å². The second kappa shape index (κ2) is 9.60. The fourth-order valence-electron chi connectivity index (χ4n) is 3.74. The molecule has 2 heterocycles. The third-order valence-electron chi connectivity index (χ3n) is 5.38. The lowest BCUT2D eigenvalue weighted by Crippen LogP contribution is -2.50. The summed E-state index contributed by atoms with van der Waals surface area (Å²) in [5.41, 5.74) is 7.72. The quantitative estimate of drug-likeness (QED) is 0.531. The van der Waals surface area contributed by atoms with E-state index in [1.165, 1.54) is 11.8 Å². The molecule has 0 saturated carbocycles. The fraction of sp³-hybridized carbons (Fsp3) is 0.318. The number of amides is 1. The Bertz CT molecular complexity index is 1030. The molecular weight excluding hydrogens is 428 g/mol. The first-order chi connectivity index (χ1) is 15.5. The number of thioether (sulfide) groups is 1. The Balaban J connectivity index is 1.54. The summed E-state index contributed by atoms with van der Waals surface area (Å²) in [5, 5.41) is 12.4. The molecule has 32 heavy (non-hydrogen) atoms. The first-order valence-corrected chi connectivity index (χ1v) is 11.2. The molecule has 9 nitrogen and oxygen atoms in total. The number of amidine groups is 2. The molecule has 0 bridgehead atoms. The standard InChI is InChI=1S/C22H26N6O3S/c1-13-19-20(23)28(14-8-10-15(30-2)11-9-14)22(25-21(19)27-26-13)32-12-18(29)24-16-6-4-5-7-17(16)31-3/h4-11,13,19,21,23,26-27H,12H2,1-3H3,(H,24,29). The number of carbonyl (C=O) groups excluding carboxylic acids is 1. The summed E-state index contributed by atoms with van der Waals surface area (Å²) in [4.78, 5) is 19.3. The van der Waals surface area contributed by atoms with E-state index < -0.39 is 0 Å². The van der Waals surface area contributed by atoms with Gasteiger partial charge in [0.25, 0.3) is 0 Å². The van der Waals surface area contributed by atoms with E-state index in [-0.39, 0.29) is 29.8 Å². The SMILES string of the molecule is COc1ccc(N2C(=N)C3C(C)NNC3N=C2SCC(=O)Nc2ccccc2OC)cc1. The number of ether oxygens (including phenoxy) is 2. The molecule has 168 valence electrons. The Labute approximate surface area is 191 Å². The fourth-order valence-corrected chi connectivity index (χ4v) is 4.60. The van der Waals surface area contributed by atoms with E-state index >= 15 is 0 Å². The molecule has 1 fully saturated rings. The maximum atomic E-state index is 12.7. The highest BCUT2D eigenvalue weighted by Crippen LogP contribution is 2.32. The summed E-state index contributed by atoms with van der Waals surface area (Å²) in [6.07, 6.45) is -0.258. The highest BCUT2D eigenvalue weighted by molar-refractivity contribution is 8.14. The molecule has 4 N–H and O–H groups in total. The molecule has 2 aliphatic rings. The molecule has 3 atom stereocenters. The van der Waals surface area contributed by atoms with E-state index in [9.17, 15) is 4.79 Å². The van der Waals surface area contributed by atoms with Crippen molar-refractivity contribution >= 4 is 40.0 Å². The molecule has 2 aliphatic heterocycles.